The lowest BCUT2D eigenvalue weighted by Gasteiger charge is -2.36. The molecule has 0 radical (unpaired) electrons. The Kier molecular flexibility index (Phi) is 6.60. The summed E-state index contributed by atoms with van der Waals surface area (Å²) in [5, 5.41) is 0. The van der Waals surface area contributed by atoms with Crippen LogP contribution in [0.3, 0.4) is 0 Å². The molecule has 0 bridgehead atoms. The van der Waals surface area contributed by atoms with E-state index >= 15 is 0 Å². The van der Waals surface area contributed by atoms with Gasteiger partial charge in [-0.15, -0.1) is 0 Å². The number of benzene rings is 1. The molecule has 1 aliphatic rings. The fourth-order valence-electron chi connectivity index (χ4n) is 3.64. The molecule has 6 nitrogen and oxygen atoms in total. The molecule has 3 rings (SSSR count). The maximum atomic E-state index is 13.0. The van der Waals surface area contributed by atoms with E-state index in [1.54, 1.807) is 16.0 Å². The number of hydrogen-bond acceptors (Lipinski definition) is 5. The first-order chi connectivity index (χ1) is 14.2. The summed E-state index contributed by atoms with van der Waals surface area (Å²) in [5.41, 5.74) is 1.12. The molecule has 9 heteroatoms. The Morgan fingerprint density at radius 1 is 1.23 bits per heavy atom. The highest BCUT2D eigenvalue weighted by Crippen LogP contribution is 2.37. The number of alkyl halides is 3. The number of rotatable bonds is 5. The highest BCUT2D eigenvalue weighted by molar-refractivity contribution is 5.78. The number of hydrogen-bond donors (Lipinski definition) is 0. The van der Waals surface area contributed by atoms with E-state index in [0.29, 0.717) is 35.7 Å². The molecule has 162 valence electrons. The molecule has 1 amide bonds. The number of anilines is 1. The number of nitrogens with zero attached hydrogens (tertiary/aromatic N) is 4. The summed E-state index contributed by atoms with van der Waals surface area (Å²) in [6.07, 6.45) is -0.261. The van der Waals surface area contributed by atoms with Gasteiger partial charge in [0.05, 0.1) is 17.3 Å². The molecule has 0 N–H and O–H groups in total. The summed E-state index contributed by atoms with van der Waals surface area (Å²) in [6, 6.07) is 4.65. The SMILES string of the molecule is COCC(=O)N1CCCCC1c1nc(N(C)C)ncc1-c1ccc(C(F)(F)F)cc1. The molecule has 0 aliphatic carbocycles. The maximum absolute atomic E-state index is 13.0. The van der Waals surface area contributed by atoms with Crippen LogP contribution in [-0.2, 0) is 15.7 Å². The second-order valence-electron chi connectivity index (χ2n) is 7.47. The monoisotopic (exact) mass is 422 g/mol. The Balaban J connectivity index is 2.07. The van der Waals surface area contributed by atoms with Gasteiger partial charge in [-0.1, -0.05) is 12.1 Å². The van der Waals surface area contributed by atoms with Crippen molar-refractivity contribution in [2.45, 2.75) is 31.5 Å². The number of carbonyl (C=O) groups is 1. The van der Waals surface area contributed by atoms with E-state index in [0.717, 1.165) is 25.0 Å². The third-order valence-electron chi connectivity index (χ3n) is 5.14. The molecule has 1 fully saturated rings. The van der Waals surface area contributed by atoms with Gasteiger partial charge in [-0.05, 0) is 37.0 Å². The summed E-state index contributed by atoms with van der Waals surface area (Å²) in [5.74, 6) is 0.343. The Morgan fingerprint density at radius 3 is 2.53 bits per heavy atom. The van der Waals surface area contributed by atoms with E-state index in [1.807, 2.05) is 14.1 Å². The highest BCUT2D eigenvalue weighted by atomic mass is 19.4. The Hall–Kier alpha value is -2.68. The highest BCUT2D eigenvalue weighted by Gasteiger charge is 2.33. The van der Waals surface area contributed by atoms with E-state index in [-0.39, 0.29) is 18.6 Å². The van der Waals surface area contributed by atoms with Crippen LogP contribution in [0.15, 0.2) is 30.5 Å². The standard InChI is InChI=1S/C21H25F3N4O2/c1-27(2)20-25-12-16(14-7-9-15(10-8-14)21(22,23)24)19(26-20)17-6-4-5-11-28(17)18(29)13-30-3/h7-10,12,17H,4-6,11,13H2,1-3H3. The number of aromatic nitrogens is 2. The lowest BCUT2D eigenvalue weighted by Crippen LogP contribution is -2.41. The zero-order valence-corrected chi connectivity index (χ0v) is 17.2. The van der Waals surface area contributed by atoms with E-state index in [9.17, 15) is 18.0 Å². The van der Waals surface area contributed by atoms with Crippen molar-refractivity contribution in [2.75, 3.05) is 39.3 Å². The van der Waals surface area contributed by atoms with Gasteiger partial charge in [0, 0.05) is 39.5 Å². The van der Waals surface area contributed by atoms with Crippen molar-refractivity contribution in [3.8, 4) is 11.1 Å². The van der Waals surface area contributed by atoms with Crippen LogP contribution in [0.2, 0.25) is 0 Å². The lowest BCUT2D eigenvalue weighted by atomic mass is 9.93. The average molecular weight is 422 g/mol. The average Bonchev–Trinajstić information content (AvgIpc) is 2.73. The van der Waals surface area contributed by atoms with E-state index < -0.39 is 11.7 Å². The summed E-state index contributed by atoms with van der Waals surface area (Å²) in [7, 11) is 5.09. The quantitative estimate of drug-likeness (QED) is 0.731. The van der Waals surface area contributed by atoms with E-state index in [4.69, 9.17) is 9.72 Å². The van der Waals surface area contributed by atoms with Gasteiger partial charge < -0.3 is 14.5 Å². The van der Waals surface area contributed by atoms with E-state index in [1.165, 1.54) is 19.2 Å². The minimum absolute atomic E-state index is 0.0300. The first kappa shape index (κ1) is 22.0. The topological polar surface area (TPSA) is 58.6 Å². The van der Waals surface area contributed by atoms with Gasteiger partial charge in [0.15, 0.2) is 0 Å². The van der Waals surface area contributed by atoms with Crippen molar-refractivity contribution in [3.05, 3.63) is 41.7 Å². The van der Waals surface area contributed by atoms with Crippen LogP contribution in [0.1, 0.15) is 36.6 Å². The van der Waals surface area contributed by atoms with Gasteiger partial charge in [0.1, 0.15) is 6.61 Å². The maximum Gasteiger partial charge on any atom is 0.416 e. The van der Waals surface area contributed by atoms with Gasteiger partial charge in [-0.3, -0.25) is 4.79 Å². The van der Waals surface area contributed by atoms with Crippen LogP contribution >= 0.6 is 0 Å². The number of ether oxygens (including phenoxy) is 1. The number of likely N-dealkylation sites (tertiary alicyclic amines) is 1. The van der Waals surface area contributed by atoms with Crippen molar-refractivity contribution in [1.82, 2.24) is 14.9 Å². The molecule has 1 aromatic carbocycles. The molecule has 1 aliphatic heterocycles. The fourth-order valence-corrected chi connectivity index (χ4v) is 3.64. The predicted molar refractivity (Wildman–Crippen MR) is 107 cm³/mol. The number of halogens is 3. The summed E-state index contributed by atoms with van der Waals surface area (Å²) in [4.78, 5) is 25.2. The zero-order chi connectivity index (χ0) is 21.9. The summed E-state index contributed by atoms with van der Waals surface area (Å²) in [6.45, 7) is 0.554. The zero-order valence-electron chi connectivity index (χ0n) is 17.2. The van der Waals surface area contributed by atoms with Crippen molar-refractivity contribution in [3.63, 3.8) is 0 Å². The van der Waals surface area contributed by atoms with Crippen LogP contribution in [-0.4, -0.2) is 55.1 Å². The molecule has 30 heavy (non-hydrogen) atoms. The molecular weight excluding hydrogens is 397 g/mol. The normalized spacial score (nSPS) is 17.1. The Morgan fingerprint density at radius 2 is 1.93 bits per heavy atom. The van der Waals surface area contributed by atoms with Crippen LogP contribution in [0.4, 0.5) is 19.1 Å². The molecule has 0 spiro atoms. The molecule has 1 atom stereocenters. The molecular formula is C21H25F3N4O2. The minimum atomic E-state index is -4.40. The third kappa shape index (κ3) is 4.72. The summed E-state index contributed by atoms with van der Waals surface area (Å²) >= 11 is 0. The summed E-state index contributed by atoms with van der Waals surface area (Å²) < 4.78 is 43.9. The number of methoxy groups -OCH3 is 1. The van der Waals surface area contributed by atoms with Gasteiger partial charge in [0.25, 0.3) is 0 Å². The second kappa shape index (κ2) is 8.99. The van der Waals surface area contributed by atoms with Crippen LogP contribution in [0.5, 0.6) is 0 Å². The van der Waals surface area contributed by atoms with Crippen molar-refractivity contribution >= 4 is 11.9 Å². The van der Waals surface area contributed by atoms with Crippen LogP contribution in [0, 0.1) is 0 Å². The van der Waals surface area contributed by atoms with Crippen molar-refractivity contribution < 1.29 is 22.7 Å². The van der Waals surface area contributed by atoms with Gasteiger partial charge in [-0.25, -0.2) is 9.97 Å². The molecule has 1 saturated heterocycles. The molecule has 1 unspecified atom stereocenters. The number of piperidine rings is 1. The first-order valence-corrected chi connectivity index (χ1v) is 9.72. The van der Waals surface area contributed by atoms with E-state index in [2.05, 4.69) is 4.98 Å². The van der Waals surface area contributed by atoms with Gasteiger partial charge >= 0.3 is 6.18 Å². The molecule has 0 saturated carbocycles. The minimum Gasteiger partial charge on any atom is -0.375 e. The molecule has 2 heterocycles. The first-order valence-electron chi connectivity index (χ1n) is 9.72. The Bertz CT molecular complexity index is 885. The second-order valence-corrected chi connectivity index (χ2v) is 7.47. The lowest BCUT2D eigenvalue weighted by molar-refractivity contribution is -0.139. The third-order valence-corrected chi connectivity index (χ3v) is 5.14. The predicted octanol–water partition coefficient (Wildman–Crippen LogP) is 3.93. The van der Waals surface area contributed by atoms with Crippen molar-refractivity contribution in [1.29, 1.82) is 0 Å². The number of carbonyl (C=O) groups excluding carboxylic acids is 1. The number of amides is 1. The molecule has 2 aromatic rings. The largest absolute Gasteiger partial charge is 0.416 e. The van der Waals surface area contributed by atoms with Gasteiger partial charge in [-0.2, -0.15) is 13.2 Å². The smallest absolute Gasteiger partial charge is 0.375 e. The Labute approximate surface area is 173 Å². The van der Waals surface area contributed by atoms with Crippen molar-refractivity contribution in [2.24, 2.45) is 0 Å². The van der Waals surface area contributed by atoms with Crippen LogP contribution in [0.25, 0.3) is 11.1 Å². The van der Waals surface area contributed by atoms with Gasteiger partial charge in [0.2, 0.25) is 11.9 Å². The molecule has 1 aromatic heterocycles. The fraction of sp³-hybridized carbons (Fsp3) is 0.476. The van der Waals surface area contributed by atoms with Crippen LogP contribution < -0.4 is 4.90 Å².